The molecule has 0 saturated heterocycles. The Morgan fingerprint density at radius 2 is 1.40 bits per heavy atom. The van der Waals surface area contributed by atoms with Crippen molar-refractivity contribution >= 4 is 5.69 Å². The quantitative estimate of drug-likeness (QED) is 0.778. The molecular formula is C19H25N. The molecule has 0 aromatic heterocycles. The molecule has 2 aromatic rings. The molecule has 0 aliphatic rings. The van der Waals surface area contributed by atoms with Crippen molar-refractivity contribution in [1.82, 2.24) is 0 Å². The van der Waals surface area contributed by atoms with E-state index >= 15 is 0 Å². The summed E-state index contributed by atoms with van der Waals surface area (Å²) in [6, 6.07) is 17.8. The zero-order valence-corrected chi connectivity index (χ0v) is 13.2. The molecular weight excluding hydrogens is 242 g/mol. The summed E-state index contributed by atoms with van der Waals surface area (Å²) in [6.07, 6.45) is 0. The van der Waals surface area contributed by atoms with E-state index in [4.69, 9.17) is 0 Å². The minimum absolute atomic E-state index is 0.209. The van der Waals surface area contributed by atoms with E-state index in [0.29, 0.717) is 6.04 Å². The fourth-order valence-corrected chi connectivity index (χ4v) is 2.25. The molecule has 1 atom stereocenters. The van der Waals surface area contributed by atoms with Crippen LogP contribution in [0.5, 0.6) is 0 Å². The second-order valence-electron chi connectivity index (χ2n) is 6.60. The van der Waals surface area contributed by atoms with Crippen LogP contribution in [0.2, 0.25) is 0 Å². The van der Waals surface area contributed by atoms with Gasteiger partial charge in [-0.1, -0.05) is 62.7 Å². The molecule has 1 N–H and O–H groups in total. The van der Waals surface area contributed by atoms with Crippen molar-refractivity contribution in [2.45, 2.75) is 46.1 Å². The number of aryl methyl sites for hydroxylation is 1. The summed E-state index contributed by atoms with van der Waals surface area (Å²) < 4.78 is 0. The number of benzene rings is 2. The van der Waals surface area contributed by atoms with Crippen molar-refractivity contribution in [3.05, 3.63) is 65.2 Å². The van der Waals surface area contributed by atoms with Crippen LogP contribution in [0.4, 0.5) is 5.69 Å². The van der Waals surface area contributed by atoms with Gasteiger partial charge >= 0.3 is 0 Å². The molecule has 1 unspecified atom stereocenters. The highest BCUT2D eigenvalue weighted by atomic mass is 14.9. The van der Waals surface area contributed by atoms with Crippen LogP contribution >= 0.6 is 0 Å². The van der Waals surface area contributed by atoms with Crippen molar-refractivity contribution in [1.29, 1.82) is 0 Å². The van der Waals surface area contributed by atoms with Crippen LogP contribution in [-0.2, 0) is 5.41 Å². The van der Waals surface area contributed by atoms with Gasteiger partial charge in [0.25, 0.3) is 0 Å². The van der Waals surface area contributed by atoms with Crippen LogP contribution in [0.15, 0.2) is 48.5 Å². The van der Waals surface area contributed by atoms with Crippen LogP contribution in [0.25, 0.3) is 0 Å². The lowest BCUT2D eigenvalue weighted by Gasteiger charge is -2.20. The van der Waals surface area contributed by atoms with Crippen LogP contribution in [-0.4, -0.2) is 0 Å². The Kier molecular flexibility index (Phi) is 4.17. The minimum Gasteiger partial charge on any atom is -0.379 e. The maximum Gasteiger partial charge on any atom is 0.0485 e. The molecule has 2 aromatic carbocycles. The maximum absolute atomic E-state index is 3.56. The molecule has 2 rings (SSSR count). The standard InChI is InChI=1S/C19H25N/c1-14-6-8-16(9-7-14)15(2)20-18-12-10-17(11-13-18)19(3,4)5/h6-13,15,20H,1-5H3. The molecule has 0 heterocycles. The monoisotopic (exact) mass is 267 g/mol. The number of hydrogen-bond acceptors (Lipinski definition) is 1. The van der Waals surface area contributed by atoms with Crippen LogP contribution in [0.1, 0.15) is 50.4 Å². The van der Waals surface area contributed by atoms with Gasteiger partial charge in [-0.2, -0.15) is 0 Å². The molecule has 0 radical (unpaired) electrons. The van der Waals surface area contributed by atoms with Gasteiger partial charge in [-0.25, -0.2) is 0 Å². The summed E-state index contributed by atoms with van der Waals surface area (Å²) in [5, 5.41) is 3.56. The van der Waals surface area contributed by atoms with E-state index in [0.717, 1.165) is 0 Å². The molecule has 0 saturated carbocycles. The number of hydrogen-bond donors (Lipinski definition) is 1. The Hall–Kier alpha value is -1.76. The Morgan fingerprint density at radius 3 is 1.90 bits per heavy atom. The predicted molar refractivity (Wildman–Crippen MR) is 88.4 cm³/mol. The van der Waals surface area contributed by atoms with E-state index in [1.807, 2.05) is 0 Å². The van der Waals surface area contributed by atoms with E-state index in [2.05, 4.69) is 88.5 Å². The predicted octanol–water partition coefficient (Wildman–Crippen LogP) is 5.47. The topological polar surface area (TPSA) is 12.0 Å². The third kappa shape index (κ3) is 3.63. The molecule has 106 valence electrons. The van der Waals surface area contributed by atoms with Crippen LogP contribution < -0.4 is 5.32 Å². The summed E-state index contributed by atoms with van der Waals surface area (Å²) >= 11 is 0. The van der Waals surface area contributed by atoms with Crippen molar-refractivity contribution in [2.75, 3.05) is 5.32 Å². The fourth-order valence-electron chi connectivity index (χ4n) is 2.25. The Morgan fingerprint density at radius 1 is 0.850 bits per heavy atom. The highest BCUT2D eigenvalue weighted by Gasteiger charge is 2.13. The first-order valence-electron chi connectivity index (χ1n) is 7.30. The van der Waals surface area contributed by atoms with Gasteiger partial charge in [-0.15, -0.1) is 0 Å². The van der Waals surface area contributed by atoms with E-state index < -0.39 is 0 Å². The lowest BCUT2D eigenvalue weighted by atomic mass is 9.87. The first-order chi connectivity index (χ1) is 9.36. The SMILES string of the molecule is Cc1ccc(C(C)Nc2ccc(C(C)(C)C)cc2)cc1. The zero-order valence-electron chi connectivity index (χ0n) is 13.2. The summed E-state index contributed by atoms with van der Waals surface area (Å²) in [5.74, 6) is 0. The highest BCUT2D eigenvalue weighted by Crippen LogP contribution is 2.25. The number of rotatable bonds is 3. The van der Waals surface area contributed by atoms with Crippen molar-refractivity contribution < 1.29 is 0 Å². The Bertz CT molecular complexity index is 544. The van der Waals surface area contributed by atoms with Gasteiger partial charge in [-0.3, -0.25) is 0 Å². The Balaban J connectivity index is 2.08. The van der Waals surface area contributed by atoms with Crippen molar-refractivity contribution in [3.8, 4) is 0 Å². The van der Waals surface area contributed by atoms with E-state index in [9.17, 15) is 0 Å². The zero-order chi connectivity index (χ0) is 14.8. The molecule has 0 aliphatic heterocycles. The molecule has 1 nitrogen and oxygen atoms in total. The minimum atomic E-state index is 0.209. The van der Waals surface area contributed by atoms with Crippen LogP contribution in [0, 0.1) is 6.92 Å². The summed E-state index contributed by atoms with van der Waals surface area (Å²) in [5.41, 5.74) is 5.37. The molecule has 0 spiro atoms. The van der Waals surface area contributed by atoms with Crippen molar-refractivity contribution in [3.63, 3.8) is 0 Å². The summed E-state index contributed by atoms with van der Waals surface area (Å²) in [4.78, 5) is 0. The van der Waals surface area contributed by atoms with Gasteiger partial charge in [0, 0.05) is 11.7 Å². The molecule has 1 heteroatoms. The number of anilines is 1. The number of nitrogens with one attached hydrogen (secondary N) is 1. The van der Waals surface area contributed by atoms with Gasteiger partial charge in [0.1, 0.15) is 0 Å². The molecule has 0 amide bonds. The first-order valence-corrected chi connectivity index (χ1v) is 7.30. The first kappa shape index (κ1) is 14.6. The second-order valence-corrected chi connectivity index (χ2v) is 6.60. The summed E-state index contributed by atoms with van der Waals surface area (Å²) in [6.45, 7) is 11.0. The average Bonchev–Trinajstić information content (AvgIpc) is 2.39. The summed E-state index contributed by atoms with van der Waals surface area (Å²) in [7, 11) is 0. The third-order valence-corrected chi connectivity index (χ3v) is 3.71. The molecule has 20 heavy (non-hydrogen) atoms. The van der Waals surface area contributed by atoms with E-state index in [-0.39, 0.29) is 5.41 Å². The van der Waals surface area contributed by atoms with E-state index in [1.165, 1.54) is 22.4 Å². The lowest BCUT2D eigenvalue weighted by Crippen LogP contribution is -2.11. The third-order valence-electron chi connectivity index (χ3n) is 3.71. The van der Waals surface area contributed by atoms with Gasteiger partial charge < -0.3 is 5.32 Å². The molecule has 0 bridgehead atoms. The second kappa shape index (κ2) is 5.70. The average molecular weight is 267 g/mol. The normalized spacial score (nSPS) is 13.1. The smallest absolute Gasteiger partial charge is 0.0485 e. The van der Waals surface area contributed by atoms with Gasteiger partial charge in [-0.05, 0) is 42.5 Å². The largest absolute Gasteiger partial charge is 0.379 e. The van der Waals surface area contributed by atoms with Crippen LogP contribution in [0.3, 0.4) is 0 Å². The lowest BCUT2D eigenvalue weighted by molar-refractivity contribution is 0.590. The highest BCUT2D eigenvalue weighted by molar-refractivity contribution is 5.47. The fraction of sp³-hybridized carbons (Fsp3) is 0.368. The van der Waals surface area contributed by atoms with Crippen molar-refractivity contribution in [2.24, 2.45) is 0 Å². The van der Waals surface area contributed by atoms with E-state index in [1.54, 1.807) is 0 Å². The van der Waals surface area contributed by atoms with Gasteiger partial charge in [0.2, 0.25) is 0 Å². The molecule has 0 fully saturated rings. The van der Waals surface area contributed by atoms with Gasteiger partial charge in [0.15, 0.2) is 0 Å². The van der Waals surface area contributed by atoms with Gasteiger partial charge in [0.05, 0.1) is 0 Å². The maximum atomic E-state index is 3.56. The Labute approximate surface area is 123 Å². The molecule has 0 aliphatic carbocycles.